The number of nitrogens with one attached hydrogen (secondary N) is 1. The summed E-state index contributed by atoms with van der Waals surface area (Å²) in [7, 11) is 0. The van der Waals surface area contributed by atoms with E-state index < -0.39 is 23.5 Å². The number of halogens is 2. The first-order valence-electron chi connectivity index (χ1n) is 7.93. The minimum atomic E-state index is -0.895. The monoisotopic (exact) mass is 325 g/mol. The van der Waals surface area contributed by atoms with Gasteiger partial charge >= 0.3 is 5.97 Å². The van der Waals surface area contributed by atoms with Crippen LogP contribution in [0.2, 0.25) is 0 Å². The molecule has 23 heavy (non-hydrogen) atoms. The fourth-order valence-corrected chi connectivity index (χ4v) is 3.04. The second-order valence-corrected chi connectivity index (χ2v) is 5.99. The van der Waals surface area contributed by atoms with Crippen LogP contribution in [0.15, 0.2) is 18.2 Å². The molecule has 0 radical (unpaired) electrons. The van der Waals surface area contributed by atoms with E-state index in [0.29, 0.717) is 12.8 Å². The van der Waals surface area contributed by atoms with Crippen LogP contribution in [0.5, 0.6) is 0 Å². The second-order valence-electron chi connectivity index (χ2n) is 5.99. The van der Waals surface area contributed by atoms with E-state index in [0.717, 1.165) is 37.5 Å². The minimum Gasteiger partial charge on any atom is -0.481 e. The third kappa shape index (κ3) is 5.01. The molecule has 0 aliphatic heterocycles. The summed E-state index contributed by atoms with van der Waals surface area (Å²) < 4.78 is 26.6. The fourth-order valence-electron chi connectivity index (χ4n) is 3.04. The average molecular weight is 325 g/mol. The minimum absolute atomic E-state index is 0.00319. The summed E-state index contributed by atoms with van der Waals surface area (Å²) in [5, 5.41) is 12.0. The molecule has 1 aliphatic carbocycles. The molecule has 1 saturated carbocycles. The largest absolute Gasteiger partial charge is 0.481 e. The molecule has 0 unspecified atom stereocenters. The third-order valence-electron chi connectivity index (χ3n) is 4.31. The number of rotatable bonds is 5. The van der Waals surface area contributed by atoms with Crippen molar-refractivity contribution in [1.82, 2.24) is 5.32 Å². The lowest BCUT2D eigenvalue weighted by molar-refractivity contribution is -0.143. The van der Waals surface area contributed by atoms with Gasteiger partial charge in [-0.1, -0.05) is 19.3 Å². The summed E-state index contributed by atoms with van der Waals surface area (Å²) in [5.74, 6) is -2.89. The van der Waals surface area contributed by atoms with E-state index in [2.05, 4.69) is 5.32 Å². The SMILES string of the molecule is O=C(CCc1cc(F)ccc1F)N[C@H]1CCCCC[C@H]1C(=O)O. The Kier molecular flexibility index (Phi) is 6.07. The molecule has 0 aromatic heterocycles. The zero-order valence-electron chi connectivity index (χ0n) is 12.9. The molecule has 0 spiro atoms. The summed E-state index contributed by atoms with van der Waals surface area (Å²) in [5.41, 5.74) is 0.149. The van der Waals surface area contributed by atoms with Crippen molar-refractivity contribution in [3.8, 4) is 0 Å². The molecule has 0 heterocycles. The van der Waals surface area contributed by atoms with Crippen LogP contribution in [0.3, 0.4) is 0 Å². The zero-order valence-corrected chi connectivity index (χ0v) is 12.9. The summed E-state index contributed by atoms with van der Waals surface area (Å²) in [6.45, 7) is 0. The normalized spacial score (nSPS) is 21.5. The van der Waals surface area contributed by atoms with E-state index in [1.165, 1.54) is 0 Å². The number of carboxylic acid groups (broad SMARTS) is 1. The average Bonchev–Trinajstić information content (AvgIpc) is 2.73. The van der Waals surface area contributed by atoms with E-state index in [4.69, 9.17) is 0 Å². The van der Waals surface area contributed by atoms with Gasteiger partial charge in [-0.25, -0.2) is 8.78 Å². The van der Waals surface area contributed by atoms with Crippen LogP contribution in [0, 0.1) is 17.6 Å². The van der Waals surface area contributed by atoms with Crippen molar-refractivity contribution >= 4 is 11.9 Å². The Morgan fingerprint density at radius 3 is 2.65 bits per heavy atom. The maximum Gasteiger partial charge on any atom is 0.308 e. The predicted octanol–water partition coefficient (Wildman–Crippen LogP) is 3.05. The molecule has 1 fully saturated rings. The topological polar surface area (TPSA) is 66.4 Å². The Hall–Kier alpha value is -1.98. The Balaban J connectivity index is 1.92. The van der Waals surface area contributed by atoms with Crippen LogP contribution in [-0.2, 0) is 16.0 Å². The summed E-state index contributed by atoms with van der Waals surface area (Å²) in [6.07, 6.45) is 3.97. The quantitative estimate of drug-likeness (QED) is 0.818. The number of carbonyl (C=O) groups excluding carboxylic acids is 1. The smallest absolute Gasteiger partial charge is 0.308 e. The molecule has 126 valence electrons. The number of amides is 1. The number of carboxylic acids is 1. The summed E-state index contributed by atoms with van der Waals surface area (Å²) in [4.78, 5) is 23.4. The first kappa shape index (κ1) is 17.4. The number of aliphatic carboxylic acids is 1. The number of aryl methyl sites for hydroxylation is 1. The van der Waals surface area contributed by atoms with Crippen molar-refractivity contribution in [1.29, 1.82) is 0 Å². The van der Waals surface area contributed by atoms with Crippen LogP contribution in [0.25, 0.3) is 0 Å². The van der Waals surface area contributed by atoms with Gasteiger partial charge in [0, 0.05) is 12.5 Å². The Bertz CT molecular complexity index is 577. The lowest BCUT2D eigenvalue weighted by atomic mass is 9.94. The highest BCUT2D eigenvalue weighted by atomic mass is 19.1. The maximum atomic E-state index is 13.5. The van der Waals surface area contributed by atoms with E-state index in [-0.39, 0.29) is 30.4 Å². The molecule has 2 rings (SSSR count). The van der Waals surface area contributed by atoms with Crippen LogP contribution in [-0.4, -0.2) is 23.0 Å². The standard InChI is InChI=1S/C17H21F2NO3/c18-12-7-8-14(19)11(10-12)6-9-16(21)20-15-5-3-1-2-4-13(15)17(22)23/h7-8,10,13,15H,1-6,9H2,(H,20,21)(H,22,23)/t13-,15+/m1/s1. The van der Waals surface area contributed by atoms with Gasteiger partial charge in [0.2, 0.25) is 5.91 Å². The van der Waals surface area contributed by atoms with Gasteiger partial charge in [-0.15, -0.1) is 0 Å². The highest BCUT2D eigenvalue weighted by Crippen LogP contribution is 2.24. The van der Waals surface area contributed by atoms with Crippen LogP contribution in [0.1, 0.15) is 44.1 Å². The van der Waals surface area contributed by atoms with Gasteiger partial charge in [0.25, 0.3) is 0 Å². The van der Waals surface area contributed by atoms with Crippen molar-refractivity contribution in [3.05, 3.63) is 35.4 Å². The first-order chi connectivity index (χ1) is 11.0. The van der Waals surface area contributed by atoms with Gasteiger partial charge < -0.3 is 10.4 Å². The van der Waals surface area contributed by atoms with E-state index >= 15 is 0 Å². The van der Waals surface area contributed by atoms with Gasteiger partial charge in [-0.3, -0.25) is 9.59 Å². The third-order valence-corrected chi connectivity index (χ3v) is 4.31. The maximum absolute atomic E-state index is 13.5. The van der Waals surface area contributed by atoms with Gasteiger partial charge in [0.05, 0.1) is 5.92 Å². The van der Waals surface area contributed by atoms with E-state index in [1.807, 2.05) is 0 Å². The number of carbonyl (C=O) groups is 2. The van der Waals surface area contributed by atoms with Crippen molar-refractivity contribution in [2.45, 2.75) is 51.0 Å². The van der Waals surface area contributed by atoms with E-state index in [1.54, 1.807) is 0 Å². The molecular weight excluding hydrogens is 304 g/mol. The summed E-state index contributed by atoms with van der Waals surface area (Å²) in [6, 6.07) is 2.75. The highest BCUT2D eigenvalue weighted by Gasteiger charge is 2.30. The number of hydrogen-bond acceptors (Lipinski definition) is 2. The predicted molar refractivity (Wildman–Crippen MR) is 80.8 cm³/mol. The van der Waals surface area contributed by atoms with Crippen molar-refractivity contribution in [3.63, 3.8) is 0 Å². The van der Waals surface area contributed by atoms with Crippen molar-refractivity contribution in [2.24, 2.45) is 5.92 Å². The van der Waals surface area contributed by atoms with Crippen LogP contribution >= 0.6 is 0 Å². The molecule has 1 aromatic carbocycles. The lowest BCUT2D eigenvalue weighted by Gasteiger charge is -2.22. The molecule has 2 N–H and O–H groups in total. The molecule has 2 atom stereocenters. The number of benzene rings is 1. The van der Waals surface area contributed by atoms with E-state index in [9.17, 15) is 23.5 Å². The number of hydrogen-bond donors (Lipinski definition) is 2. The molecule has 0 bridgehead atoms. The molecule has 1 amide bonds. The van der Waals surface area contributed by atoms with Gasteiger partial charge in [-0.05, 0) is 43.0 Å². The highest BCUT2D eigenvalue weighted by molar-refractivity contribution is 5.78. The summed E-state index contributed by atoms with van der Waals surface area (Å²) >= 11 is 0. The molecule has 6 heteroatoms. The zero-order chi connectivity index (χ0) is 16.8. The Labute approximate surface area is 133 Å². The Morgan fingerprint density at radius 2 is 1.91 bits per heavy atom. The molecule has 4 nitrogen and oxygen atoms in total. The molecule has 1 aromatic rings. The van der Waals surface area contributed by atoms with Crippen molar-refractivity contribution < 1.29 is 23.5 Å². The second kappa shape index (κ2) is 8.04. The molecule has 0 saturated heterocycles. The van der Waals surface area contributed by atoms with Gasteiger partial charge in [-0.2, -0.15) is 0 Å². The van der Waals surface area contributed by atoms with Gasteiger partial charge in [0.1, 0.15) is 11.6 Å². The van der Waals surface area contributed by atoms with Crippen LogP contribution in [0.4, 0.5) is 8.78 Å². The molecular formula is C17H21F2NO3. The lowest BCUT2D eigenvalue weighted by Crippen LogP contribution is -2.42. The van der Waals surface area contributed by atoms with Crippen LogP contribution < -0.4 is 5.32 Å². The van der Waals surface area contributed by atoms with Crippen molar-refractivity contribution in [2.75, 3.05) is 0 Å². The Morgan fingerprint density at radius 1 is 1.17 bits per heavy atom. The first-order valence-corrected chi connectivity index (χ1v) is 7.93. The fraction of sp³-hybridized carbons (Fsp3) is 0.529. The van der Waals surface area contributed by atoms with Gasteiger partial charge in [0.15, 0.2) is 0 Å². The molecule has 1 aliphatic rings.